The van der Waals surface area contributed by atoms with Gasteiger partial charge in [0.05, 0.1) is 42.1 Å². The summed E-state index contributed by atoms with van der Waals surface area (Å²) in [6, 6.07) is 14.8. The van der Waals surface area contributed by atoms with E-state index in [9.17, 15) is 13.2 Å². The predicted molar refractivity (Wildman–Crippen MR) is 129 cm³/mol. The summed E-state index contributed by atoms with van der Waals surface area (Å²) in [6.07, 6.45) is 2.20. The van der Waals surface area contributed by atoms with Crippen LogP contribution in [0.5, 0.6) is 0 Å². The van der Waals surface area contributed by atoms with E-state index in [0.29, 0.717) is 32.0 Å². The quantitative estimate of drug-likeness (QED) is 0.614. The normalized spacial score (nSPS) is 18.2. The number of hydrogen-bond donors (Lipinski definition) is 2. The Morgan fingerprint density at radius 3 is 2.42 bits per heavy atom. The molecule has 2 fully saturated rings. The summed E-state index contributed by atoms with van der Waals surface area (Å²) in [5.41, 5.74) is 2.62. The number of hydrogen-bond acceptors (Lipinski definition) is 6. The predicted octanol–water partition coefficient (Wildman–Crippen LogP) is 2.60. The van der Waals surface area contributed by atoms with Crippen molar-refractivity contribution >= 4 is 27.3 Å². The average Bonchev–Trinajstić information content (AvgIpc) is 3.38. The van der Waals surface area contributed by atoms with Gasteiger partial charge in [-0.25, -0.2) is 8.42 Å². The van der Waals surface area contributed by atoms with E-state index in [4.69, 9.17) is 4.74 Å². The van der Waals surface area contributed by atoms with Gasteiger partial charge in [-0.1, -0.05) is 30.3 Å². The number of anilines is 2. The topological polar surface area (TPSA) is 91.0 Å². The Morgan fingerprint density at radius 1 is 1.03 bits per heavy atom. The van der Waals surface area contributed by atoms with Crippen LogP contribution in [0, 0.1) is 0 Å². The smallest absolute Gasteiger partial charge is 0.243 e. The van der Waals surface area contributed by atoms with Crippen LogP contribution in [-0.2, 0) is 19.6 Å². The minimum absolute atomic E-state index is 0.0546. The summed E-state index contributed by atoms with van der Waals surface area (Å²) in [5.74, 6) is -0.153. The van der Waals surface area contributed by atoms with E-state index in [2.05, 4.69) is 15.5 Å². The van der Waals surface area contributed by atoms with Crippen molar-refractivity contribution in [1.82, 2.24) is 9.62 Å². The summed E-state index contributed by atoms with van der Waals surface area (Å²) < 4.78 is 33.1. The van der Waals surface area contributed by atoms with Gasteiger partial charge >= 0.3 is 0 Å². The zero-order valence-electron chi connectivity index (χ0n) is 19.0. The molecular formula is C24H32N4O4S. The first kappa shape index (κ1) is 23.5. The Balaban J connectivity index is 1.50. The van der Waals surface area contributed by atoms with Crippen molar-refractivity contribution < 1.29 is 17.9 Å². The third-order valence-corrected chi connectivity index (χ3v) is 8.03. The van der Waals surface area contributed by atoms with Gasteiger partial charge in [-0.15, -0.1) is 0 Å². The van der Waals surface area contributed by atoms with E-state index in [1.54, 1.807) is 12.1 Å². The molecule has 1 atom stereocenters. The molecule has 1 amide bonds. The van der Waals surface area contributed by atoms with Crippen LogP contribution in [0.1, 0.15) is 31.4 Å². The molecule has 2 aliphatic rings. The average molecular weight is 473 g/mol. The summed E-state index contributed by atoms with van der Waals surface area (Å²) in [6.45, 7) is 5.32. The van der Waals surface area contributed by atoms with Crippen LogP contribution in [0.25, 0.3) is 0 Å². The van der Waals surface area contributed by atoms with Crippen LogP contribution < -0.4 is 15.5 Å². The first-order valence-corrected chi connectivity index (χ1v) is 12.9. The summed E-state index contributed by atoms with van der Waals surface area (Å²) in [7, 11) is -3.62. The minimum Gasteiger partial charge on any atom is -0.379 e. The molecule has 2 aliphatic heterocycles. The van der Waals surface area contributed by atoms with Crippen molar-refractivity contribution in [2.75, 3.05) is 56.2 Å². The molecule has 2 N–H and O–H groups in total. The van der Waals surface area contributed by atoms with Crippen LogP contribution in [0.15, 0.2) is 53.4 Å². The van der Waals surface area contributed by atoms with Crippen LogP contribution in [0.3, 0.4) is 0 Å². The maximum atomic E-state index is 13.2. The van der Waals surface area contributed by atoms with E-state index < -0.39 is 10.0 Å². The fraction of sp³-hybridized carbons (Fsp3) is 0.458. The number of ether oxygens (including phenoxy) is 1. The maximum Gasteiger partial charge on any atom is 0.243 e. The van der Waals surface area contributed by atoms with Crippen molar-refractivity contribution in [3.05, 3.63) is 54.1 Å². The van der Waals surface area contributed by atoms with Crippen LogP contribution >= 0.6 is 0 Å². The van der Waals surface area contributed by atoms with Gasteiger partial charge in [-0.05, 0) is 43.5 Å². The van der Waals surface area contributed by atoms with E-state index in [1.807, 2.05) is 43.3 Å². The lowest BCUT2D eigenvalue weighted by molar-refractivity contribution is -0.120. The molecule has 2 aromatic carbocycles. The van der Waals surface area contributed by atoms with Crippen molar-refractivity contribution in [1.29, 1.82) is 0 Å². The Morgan fingerprint density at radius 2 is 1.73 bits per heavy atom. The van der Waals surface area contributed by atoms with Crippen molar-refractivity contribution in [2.24, 2.45) is 0 Å². The number of amides is 1. The van der Waals surface area contributed by atoms with Gasteiger partial charge in [0.2, 0.25) is 15.9 Å². The van der Waals surface area contributed by atoms with Crippen LogP contribution in [0.2, 0.25) is 0 Å². The van der Waals surface area contributed by atoms with Crippen LogP contribution in [-0.4, -0.2) is 64.6 Å². The molecule has 33 heavy (non-hydrogen) atoms. The second-order valence-electron chi connectivity index (χ2n) is 8.44. The molecule has 0 bridgehead atoms. The molecule has 0 aromatic heterocycles. The third-order valence-electron chi connectivity index (χ3n) is 6.14. The number of rotatable bonds is 8. The highest BCUT2D eigenvalue weighted by molar-refractivity contribution is 7.89. The fourth-order valence-electron chi connectivity index (χ4n) is 4.28. The van der Waals surface area contributed by atoms with E-state index in [1.165, 1.54) is 4.31 Å². The van der Waals surface area contributed by atoms with E-state index in [0.717, 1.165) is 37.2 Å². The lowest BCUT2D eigenvalue weighted by atomic mass is 10.1. The molecule has 2 saturated heterocycles. The summed E-state index contributed by atoms with van der Waals surface area (Å²) in [4.78, 5) is 15.1. The Kier molecular flexibility index (Phi) is 7.52. The fourth-order valence-corrected chi connectivity index (χ4v) is 5.71. The lowest BCUT2D eigenvalue weighted by Crippen LogP contribution is -2.40. The number of nitrogens with zero attached hydrogens (tertiary/aromatic N) is 2. The zero-order chi connectivity index (χ0) is 23.3. The monoisotopic (exact) mass is 472 g/mol. The standard InChI is InChI=1S/C24H32N4O4S/c1-19(20-7-3-2-4-8-20)26-24(29)18-25-22-17-21(9-10-23(22)27-11-5-6-12-27)33(30,31)28-13-15-32-16-14-28/h2-4,7-10,17,19,25H,5-6,11-16,18H2,1H3,(H,26,29)/t19-/m0/s1. The van der Waals surface area contributed by atoms with Crippen molar-refractivity contribution in [2.45, 2.75) is 30.7 Å². The van der Waals surface area contributed by atoms with Gasteiger partial charge in [0.1, 0.15) is 0 Å². The largest absolute Gasteiger partial charge is 0.379 e. The van der Waals surface area contributed by atoms with Gasteiger partial charge < -0.3 is 20.3 Å². The highest BCUT2D eigenvalue weighted by Gasteiger charge is 2.28. The Bertz CT molecular complexity index is 1050. The molecule has 0 spiro atoms. The molecule has 178 valence electrons. The molecule has 2 aromatic rings. The second-order valence-corrected chi connectivity index (χ2v) is 10.4. The zero-order valence-corrected chi connectivity index (χ0v) is 19.8. The maximum absolute atomic E-state index is 13.2. The molecule has 0 unspecified atom stereocenters. The van der Waals surface area contributed by atoms with E-state index >= 15 is 0 Å². The number of benzene rings is 2. The minimum atomic E-state index is -3.62. The number of morpholine rings is 1. The first-order chi connectivity index (χ1) is 15.9. The third kappa shape index (κ3) is 5.66. The SMILES string of the molecule is C[C@H](NC(=O)CNc1cc(S(=O)(=O)N2CCOCC2)ccc1N1CCCC1)c1ccccc1. The number of carbonyl (C=O) groups is 1. The molecular weight excluding hydrogens is 440 g/mol. The molecule has 8 nitrogen and oxygen atoms in total. The molecule has 4 rings (SSSR count). The second kappa shape index (κ2) is 10.5. The number of nitrogens with one attached hydrogen (secondary N) is 2. The number of sulfonamides is 1. The molecule has 0 aliphatic carbocycles. The molecule has 0 radical (unpaired) electrons. The lowest BCUT2D eigenvalue weighted by Gasteiger charge is -2.27. The summed E-state index contributed by atoms with van der Waals surface area (Å²) in [5, 5.41) is 6.20. The van der Waals surface area contributed by atoms with Gasteiger partial charge in [-0.3, -0.25) is 4.79 Å². The molecule has 2 heterocycles. The van der Waals surface area contributed by atoms with E-state index in [-0.39, 0.29) is 23.4 Å². The Hall–Kier alpha value is -2.62. The van der Waals surface area contributed by atoms with Crippen molar-refractivity contribution in [3.8, 4) is 0 Å². The summed E-state index contributed by atoms with van der Waals surface area (Å²) >= 11 is 0. The molecule has 9 heteroatoms. The van der Waals surface area contributed by atoms with Crippen molar-refractivity contribution in [3.63, 3.8) is 0 Å². The van der Waals surface area contributed by atoms with Gasteiger partial charge in [0, 0.05) is 26.2 Å². The van der Waals surface area contributed by atoms with Gasteiger partial charge in [-0.2, -0.15) is 4.31 Å². The highest BCUT2D eigenvalue weighted by Crippen LogP contribution is 2.32. The van der Waals surface area contributed by atoms with Gasteiger partial charge in [0.25, 0.3) is 0 Å². The van der Waals surface area contributed by atoms with Crippen LogP contribution in [0.4, 0.5) is 11.4 Å². The molecule has 0 saturated carbocycles. The Labute approximate surface area is 196 Å². The van der Waals surface area contributed by atoms with Gasteiger partial charge in [0.15, 0.2) is 0 Å². The highest BCUT2D eigenvalue weighted by atomic mass is 32.2. The first-order valence-electron chi connectivity index (χ1n) is 11.5. The number of carbonyl (C=O) groups excluding carboxylic acids is 1.